The number of aryl methyl sites for hydroxylation is 1. The molecule has 2 rings (SSSR count). The van der Waals surface area contributed by atoms with Gasteiger partial charge in [0.15, 0.2) is 0 Å². The normalized spacial score (nSPS) is 10.4. The summed E-state index contributed by atoms with van der Waals surface area (Å²) in [6.07, 6.45) is 1.78. The van der Waals surface area contributed by atoms with Gasteiger partial charge in [0.25, 0.3) is 0 Å². The van der Waals surface area contributed by atoms with Gasteiger partial charge >= 0.3 is 0 Å². The van der Waals surface area contributed by atoms with Gasteiger partial charge in [0.2, 0.25) is 0 Å². The Morgan fingerprint density at radius 3 is 3.06 bits per heavy atom. The Balaban J connectivity index is 2.11. The molecule has 2 aromatic rings. The zero-order valence-electron chi connectivity index (χ0n) is 9.14. The lowest BCUT2D eigenvalue weighted by molar-refractivity contribution is 0.306. The molecule has 0 atom stereocenters. The second kappa shape index (κ2) is 5.09. The second-order valence-corrected chi connectivity index (χ2v) is 4.54. The van der Waals surface area contributed by atoms with Crippen LogP contribution in [0.4, 0.5) is 0 Å². The van der Waals surface area contributed by atoms with Gasteiger partial charge in [-0.3, -0.25) is 4.98 Å². The van der Waals surface area contributed by atoms with Crippen LogP contribution in [0.25, 0.3) is 0 Å². The van der Waals surface area contributed by atoms with Crippen molar-refractivity contribution in [3.63, 3.8) is 0 Å². The van der Waals surface area contributed by atoms with E-state index >= 15 is 0 Å². The van der Waals surface area contributed by atoms with E-state index in [1.54, 1.807) is 17.5 Å². The Bertz CT molecular complexity index is 454. The molecule has 0 radical (unpaired) electrons. The first-order valence-electron chi connectivity index (χ1n) is 5.10. The lowest BCUT2D eigenvalue weighted by atomic mass is 10.2. The minimum absolute atomic E-state index is 0.451. The minimum Gasteiger partial charge on any atom is -0.488 e. The fourth-order valence-electron chi connectivity index (χ4n) is 1.39. The van der Waals surface area contributed by atoms with Crippen LogP contribution in [0.3, 0.4) is 0 Å². The quantitative estimate of drug-likeness (QED) is 0.884. The van der Waals surface area contributed by atoms with E-state index in [0.717, 1.165) is 17.0 Å². The maximum absolute atomic E-state index is 5.74. The Labute approximate surface area is 98.9 Å². The van der Waals surface area contributed by atoms with E-state index in [-0.39, 0.29) is 0 Å². The molecular weight excluding hydrogens is 220 g/mol. The first kappa shape index (κ1) is 11.1. The van der Waals surface area contributed by atoms with Gasteiger partial charge in [0, 0.05) is 34.9 Å². The van der Waals surface area contributed by atoms with Crippen molar-refractivity contribution in [2.75, 3.05) is 0 Å². The summed E-state index contributed by atoms with van der Waals surface area (Å²) in [6, 6.07) is 6.00. The standard InChI is InChI=1S/C12H14N2OS/c1-9-5-12(10(6-13)7-14-9)15-8-11-3-2-4-16-11/h2-5,7H,6,8,13H2,1H3. The van der Waals surface area contributed by atoms with Crippen LogP contribution in [0.2, 0.25) is 0 Å². The maximum Gasteiger partial charge on any atom is 0.127 e. The molecular formula is C12H14N2OS. The Morgan fingerprint density at radius 1 is 1.50 bits per heavy atom. The summed E-state index contributed by atoms with van der Waals surface area (Å²) in [6.45, 7) is 2.99. The fraction of sp³-hybridized carbons (Fsp3) is 0.250. The summed E-state index contributed by atoms with van der Waals surface area (Å²) in [5.74, 6) is 0.836. The van der Waals surface area contributed by atoms with Crippen LogP contribution < -0.4 is 10.5 Å². The van der Waals surface area contributed by atoms with Gasteiger partial charge in [-0.15, -0.1) is 11.3 Å². The van der Waals surface area contributed by atoms with Gasteiger partial charge < -0.3 is 10.5 Å². The number of nitrogens with zero attached hydrogens (tertiary/aromatic N) is 1. The summed E-state index contributed by atoms with van der Waals surface area (Å²) in [5.41, 5.74) is 7.52. The van der Waals surface area contributed by atoms with Gasteiger partial charge in [-0.1, -0.05) is 6.07 Å². The number of hydrogen-bond acceptors (Lipinski definition) is 4. The van der Waals surface area contributed by atoms with Gasteiger partial charge in [-0.05, 0) is 18.4 Å². The predicted octanol–water partition coefficient (Wildman–Crippen LogP) is 2.49. The number of aromatic nitrogens is 1. The molecule has 84 valence electrons. The van der Waals surface area contributed by atoms with E-state index in [0.29, 0.717) is 13.2 Å². The number of ether oxygens (including phenoxy) is 1. The largest absolute Gasteiger partial charge is 0.488 e. The topological polar surface area (TPSA) is 48.1 Å². The first-order chi connectivity index (χ1) is 7.79. The lowest BCUT2D eigenvalue weighted by Crippen LogP contribution is -2.03. The van der Waals surface area contributed by atoms with Crippen LogP contribution in [0.1, 0.15) is 16.1 Å². The molecule has 0 saturated heterocycles. The van der Waals surface area contributed by atoms with Gasteiger partial charge in [0.05, 0.1) is 0 Å². The molecule has 0 amide bonds. The molecule has 2 aromatic heterocycles. The van der Waals surface area contributed by atoms with Crippen molar-refractivity contribution in [1.82, 2.24) is 4.98 Å². The Morgan fingerprint density at radius 2 is 2.38 bits per heavy atom. The lowest BCUT2D eigenvalue weighted by Gasteiger charge is -2.09. The number of thiophene rings is 1. The van der Waals surface area contributed by atoms with E-state index in [4.69, 9.17) is 10.5 Å². The summed E-state index contributed by atoms with van der Waals surface area (Å²) in [4.78, 5) is 5.40. The third-order valence-electron chi connectivity index (χ3n) is 2.25. The number of hydrogen-bond donors (Lipinski definition) is 1. The highest BCUT2D eigenvalue weighted by atomic mass is 32.1. The molecule has 0 unspecified atom stereocenters. The van der Waals surface area contributed by atoms with Crippen molar-refractivity contribution in [2.45, 2.75) is 20.1 Å². The van der Waals surface area contributed by atoms with Crippen LogP contribution in [0, 0.1) is 6.92 Å². The summed E-state index contributed by atoms with van der Waals surface area (Å²) in [5, 5.41) is 2.04. The van der Waals surface area contributed by atoms with Crippen molar-refractivity contribution in [3.05, 3.63) is 45.9 Å². The number of nitrogens with two attached hydrogens (primary N) is 1. The summed E-state index contributed by atoms with van der Waals surface area (Å²) < 4.78 is 5.74. The third kappa shape index (κ3) is 2.59. The molecule has 2 N–H and O–H groups in total. The number of pyridine rings is 1. The molecule has 0 aliphatic rings. The van der Waals surface area contributed by atoms with Crippen molar-refractivity contribution < 1.29 is 4.74 Å². The molecule has 2 heterocycles. The molecule has 0 bridgehead atoms. The highest BCUT2D eigenvalue weighted by Gasteiger charge is 2.04. The van der Waals surface area contributed by atoms with Crippen molar-refractivity contribution in [3.8, 4) is 5.75 Å². The van der Waals surface area contributed by atoms with E-state index in [1.807, 2.05) is 24.4 Å². The van der Waals surface area contributed by atoms with Crippen LogP contribution >= 0.6 is 11.3 Å². The average Bonchev–Trinajstić information content (AvgIpc) is 2.79. The third-order valence-corrected chi connectivity index (χ3v) is 3.10. The summed E-state index contributed by atoms with van der Waals surface area (Å²) >= 11 is 1.69. The zero-order valence-corrected chi connectivity index (χ0v) is 9.96. The monoisotopic (exact) mass is 234 g/mol. The van der Waals surface area contributed by atoms with Crippen LogP contribution in [0.5, 0.6) is 5.75 Å². The molecule has 0 aliphatic carbocycles. The Kier molecular flexibility index (Phi) is 3.54. The van der Waals surface area contributed by atoms with Crippen molar-refractivity contribution >= 4 is 11.3 Å². The van der Waals surface area contributed by atoms with Gasteiger partial charge in [0.1, 0.15) is 12.4 Å². The average molecular weight is 234 g/mol. The minimum atomic E-state index is 0.451. The van der Waals surface area contributed by atoms with Crippen LogP contribution in [0.15, 0.2) is 29.8 Å². The van der Waals surface area contributed by atoms with Crippen LogP contribution in [-0.2, 0) is 13.2 Å². The highest BCUT2D eigenvalue weighted by Crippen LogP contribution is 2.20. The maximum atomic E-state index is 5.74. The SMILES string of the molecule is Cc1cc(OCc2cccs2)c(CN)cn1. The van der Waals surface area contributed by atoms with E-state index in [2.05, 4.69) is 11.1 Å². The molecule has 0 aliphatic heterocycles. The second-order valence-electron chi connectivity index (χ2n) is 3.51. The highest BCUT2D eigenvalue weighted by molar-refractivity contribution is 7.09. The molecule has 0 spiro atoms. The summed E-state index contributed by atoms with van der Waals surface area (Å²) in [7, 11) is 0. The smallest absolute Gasteiger partial charge is 0.127 e. The van der Waals surface area contributed by atoms with E-state index < -0.39 is 0 Å². The van der Waals surface area contributed by atoms with Crippen LogP contribution in [-0.4, -0.2) is 4.98 Å². The van der Waals surface area contributed by atoms with Gasteiger partial charge in [-0.2, -0.15) is 0 Å². The predicted molar refractivity (Wildman–Crippen MR) is 65.5 cm³/mol. The van der Waals surface area contributed by atoms with E-state index in [1.165, 1.54) is 4.88 Å². The van der Waals surface area contributed by atoms with Gasteiger partial charge in [-0.25, -0.2) is 0 Å². The fourth-order valence-corrected chi connectivity index (χ4v) is 2.01. The molecule has 3 nitrogen and oxygen atoms in total. The molecule has 0 aromatic carbocycles. The zero-order chi connectivity index (χ0) is 11.4. The molecule has 16 heavy (non-hydrogen) atoms. The van der Waals surface area contributed by atoms with E-state index in [9.17, 15) is 0 Å². The van der Waals surface area contributed by atoms with Crippen molar-refractivity contribution in [1.29, 1.82) is 0 Å². The Hall–Kier alpha value is -1.39. The molecule has 4 heteroatoms. The van der Waals surface area contributed by atoms with Crippen molar-refractivity contribution in [2.24, 2.45) is 5.73 Å². The molecule has 0 fully saturated rings. The first-order valence-corrected chi connectivity index (χ1v) is 5.98. The molecule has 0 saturated carbocycles. The number of rotatable bonds is 4.